The first-order chi connectivity index (χ1) is 26.8. The van der Waals surface area contributed by atoms with Crippen molar-refractivity contribution in [3.63, 3.8) is 0 Å². The molecular weight excluding hydrogens is 663 g/mol. The number of hydrogen-bond donors (Lipinski definition) is 0. The molecule has 0 saturated carbocycles. The SMILES string of the molecule is CC1(C)c2cc3ccccc3cc2-c2cc3ccc(N(c4cccc(-c5ccccc5)c4)c4ccc5c(c4)C(C)(C)c4ccc6ccccc6c4-5)cc3cc21. The van der Waals surface area contributed by atoms with E-state index in [1.165, 1.54) is 88.0 Å². The molecule has 0 fully saturated rings. The lowest BCUT2D eigenvalue weighted by molar-refractivity contribution is 0.661. The maximum Gasteiger partial charge on any atom is 0.0468 e. The molecule has 1 nitrogen and oxygen atoms in total. The Balaban J connectivity index is 1.10. The summed E-state index contributed by atoms with van der Waals surface area (Å²) in [5, 5.41) is 7.72. The van der Waals surface area contributed by atoms with Crippen molar-refractivity contribution in [1.82, 2.24) is 0 Å². The summed E-state index contributed by atoms with van der Waals surface area (Å²) in [6.45, 7) is 9.54. The van der Waals surface area contributed by atoms with Crippen LogP contribution < -0.4 is 4.90 Å². The molecular formula is C54H41N. The van der Waals surface area contributed by atoms with Gasteiger partial charge in [-0.2, -0.15) is 0 Å². The van der Waals surface area contributed by atoms with E-state index in [1.54, 1.807) is 0 Å². The first-order valence-corrected chi connectivity index (χ1v) is 19.5. The maximum atomic E-state index is 2.46. The number of rotatable bonds is 4. The van der Waals surface area contributed by atoms with Crippen LogP contribution in [0.15, 0.2) is 176 Å². The minimum absolute atomic E-state index is 0.104. The Morgan fingerprint density at radius 3 is 1.65 bits per heavy atom. The topological polar surface area (TPSA) is 3.24 Å². The molecule has 0 atom stereocenters. The Hall–Kier alpha value is -6.44. The number of hydrogen-bond acceptors (Lipinski definition) is 1. The summed E-state index contributed by atoms with van der Waals surface area (Å²) in [6, 6.07) is 65.8. The highest BCUT2D eigenvalue weighted by Gasteiger charge is 2.38. The fourth-order valence-electron chi connectivity index (χ4n) is 9.83. The summed E-state index contributed by atoms with van der Waals surface area (Å²) in [7, 11) is 0. The molecule has 2 aliphatic rings. The number of nitrogens with zero attached hydrogens (tertiary/aromatic N) is 1. The Morgan fingerprint density at radius 1 is 0.327 bits per heavy atom. The van der Waals surface area contributed by atoms with E-state index in [0.29, 0.717) is 0 Å². The summed E-state index contributed by atoms with van der Waals surface area (Å²) >= 11 is 0. The highest BCUT2D eigenvalue weighted by atomic mass is 15.1. The van der Waals surface area contributed by atoms with Crippen molar-refractivity contribution >= 4 is 49.4 Å². The van der Waals surface area contributed by atoms with E-state index in [9.17, 15) is 0 Å². The van der Waals surface area contributed by atoms with Crippen LogP contribution in [0.2, 0.25) is 0 Å². The molecule has 9 aromatic rings. The van der Waals surface area contributed by atoms with Gasteiger partial charge in [0.2, 0.25) is 0 Å². The fraction of sp³-hybridized carbons (Fsp3) is 0.111. The predicted molar refractivity (Wildman–Crippen MR) is 234 cm³/mol. The van der Waals surface area contributed by atoms with Crippen LogP contribution in [-0.4, -0.2) is 0 Å². The molecule has 2 aliphatic carbocycles. The summed E-state index contributed by atoms with van der Waals surface area (Å²) in [5.41, 5.74) is 16.6. The molecule has 55 heavy (non-hydrogen) atoms. The van der Waals surface area contributed by atoms with Crippen molar-refractivity contribution in [3.05, 3.63) is 198 Å². The van der Waals surface area contributed by atoms with E-state index < -0.39 is 0 Å². The normalized spacial score (nSPS) is 14.5. The van der Waals surface area contributed by atoms with Gasteiger partial charge in [0, 0.05) is 27.9 Å². The van der Waals surface area contributed by atoms with E-state index in [2.05, 4.69) is 209 Å². The average molecular weight is 704 g/mol. The van der Waals surface area contributed by atoms with Gasteiger partial charge < -0.3 is 4.90 Å². The van der Waals surface area contributed by atoms with E-state index in [4.69, 9.17) is 0 Å². The molecule has 0 unspecified atom stereocenters. The first kappa shape index (κ1) is 32.0. The average Bonchev–Trinajstić information content (AvgIpc) is 3.58. The minimum atomic E-state index is -0.141. The van der Waals surface area contributed by atoms with Crippen molar-refractivity contribution in [3.8, 4) is 33.4 Å². The molecule has 0 amide bonds. The Kier molecular flexibility index (Phi) is 6.72. The molecule has 0 aliphatic heterocycles. The zero-order chi connectivity index (χ0) is 37.1. The van der Waals surface area contributed by atoms with Crippen molar-refractivity contribution in [2.24, 2.45) is 0 Å². The van der Waals surface area contributed by atoms with Crippen molar-refractivity contribution in [2.75, 3.05) is 4.90 Å². The second kappa shape index (κ2) is 11.5. The van der Waals surface area contributed by atoms with Crippen molar-refractivity contribution in [2.45, 2.75) is 38.5 Å². The quantitative estimate of drug-likeness (QED) is 0.176. The Bertz CT molecular complexity index is 3040. The second-order valence-electron chi connectivity index (χ2n) is 16.6. The van der Waals surface area contributed by atoms with Gasteiger partial charge in [-0.25, -0.2) is 0 Å². The van der Waals surface area contributed by atoms with Crippen LogP contribution >= 0.6 is 0 Å². The standard InChI is InChI=1S/C54H41N/c1-53(2)48-26-22-35-15-10-11-20-44(35)52(48)45-25-24-43(33-51(45)53)55(41-19-12-18-36(27-41)34-13-6-5-7-14-34)42-23-21-39-30-47-46-29-37-16-8-9-17-38(37)31-49(46)54(3,4)50(47)32-40(39)28-42/h5-33H,1-4H3. The van der Waals surface area contributed by atoms with Crippen LogP contribution in [-0.2, 0) is 10.8 Å². The zero-order valence-electron chi connectivity index (χ0n) is 31.7. The third-order valence-electron chi connectivity index (χ3n) is 12.8. The molecule has 9 aromatic carbocycles. The maximum absolute atomic E-state index is 2.46. The fourth-order valence-corrected chi connectivity index (χ4v) is 9.83. The van der Waals surface area contributed by atoms with Crippen molar-refractivity contribution < 1.29 is 0 Å². The molecule has 11 rings (SSSR count). The van der Waals surface area contributed by atoms with Gasteiger partial charge in [0.05, 0.1) is 0 Å². The number of fused-ring (bicyclic) bond motifs is 10. The van der Waals surface area contributed by atoms with Crippen LogP contribution in [0, 0.1) is 0 Å². The van der Waals surface area contributed by atoms with Crippen molar-refractivity contribution in [1.29, 1.82) is 0 Å². The largest absolute Gasteiger partial charge is 0.310 e. The smallest absolute Gasteiger partial charge is 0.0468 e. The van der Waals surface area contributed by atoms with Gasteiger partial charge in [-0.05, 0) is 149 Å². The van der Waals surface area contributed by atoms with E-state index in [0.717, 1.165) is 17.1 Å². The van der Waals surface area contributed by atoms with Crippen LogP contribution in [0.25, 0.3) is 65.7 Å². The molecule has 0 aromatic heterocycles. The van der Waals surface area contributed by atoms with E-state index in [1.807, 2.05) is 0 Å². The van der Waals surface area contributed by atoms with Gasteiger partial charge in [-0.1, -0.05) is 143 Å². The van der Waals surface area contributed by atoms with Gasteiger partial charge in [0.15, 0.2) is 0 Å². The zero-order valence-corrected chi connectivity index (χ0v) is 31.7. The third kappa shape index (κ3) is 4.72. The molecule has 262 valence electrons. The number of benzene rings is 9. The summed E-state index contributed by atoms with van der Waals surface area (Å²) < 4.78 is 0. The lowest BCUT2D eigenvalue weighted by Gasteiger charge is -2.29. The molecule has 0 N–H and O–H groups in total. The second-order valence-corrected chi connectivity index (χ2v) is 16.6. The summed E-state index contributed by atoms with van der Waals surface area (Å²) in [4.78, 5) is 2.46. The summed E-state index contributed by atoms with van der Waals surface area (Å²) in [6.07, 6.45) is 0. The highest BCUT2D eigenvalue weighted by Crippen LogP contribution is 2.54. The Morgan fingerprint density at radius 2 is 0.873 bits per heavy atom. The van der Waals surface area contributed by atoms with Gasteiger partial charge >= 0.3 is 0 Å². The molecule has 0 spiro atoms. The lowest BCUT2D eigenvalue weighted by atomic mass is 9.81. The third-order valence-corrected chi connectivity index (χ3v) is 12.8. The van der Waals surface area contributed by atoms with E-state index >= 15 is 0 Å². The molecule has 0 bridgehead atoms. The predicted octanol–water partition coefficient (Wildman–Crippen LogP) is 14.9. The molecule has 0 saturated heterocycles. The van der Waals surface area contributed by atoms with Gasteiger partial charge in [-0.3, -0.25) is 0 Å². The lowest BCUT2D eigenvalue weighted by Crippen LogP contribution is -2.16. The van der Waals surface area contributed by atoms with Gasteiger partial charge in [0.1, 0.15) is 0 Å². The van der Waals surface area contributed by atoms with Crippen LogP contribution in [0.4, 0.5) is 17.1 Å². The molecule has 1 heteroatoms. The van der Waals surface area contributed by atoms with Crippen LogP contribution in [0.5, 0.6) is 0 Å². The summed E-state index contributed by atoms with van der Waals surface area (Å²) in [5.74, 6) is 0. The molecule has 0 heterocycles. The van der Waals surface area contributed by atoms with Gasteiger partial charge in [-0.15, -0.1) is 0 Å². The minimum Gasteiger partial charge on any atom is -0.310 e. The van der Waals surface area contributed by atoms with Gasteiger partial charge in [0.25, 0.3) is 0 Å². The highest BCUT2D eigenvalue weighted by molar-refractivity contribution is 6.04. The monoisotopic (exact) mass is 703 g/mol. The van der Waals surface area contributed by atoms with E-state index in [-0.39, 0.29) is 10.8 Å². The van der Waals surface area contributed by atoms with Crippen LogP contribution in [0.3, 0.4) is 0 Å². The molecule has 0 radical (unpaired) electrons. The number of anilines is 3. The first-order valence-electron chi connectivity index (χ1n) is 19.5. The van der Waals surface area contributed by atoms with Crippen LogP contribution in [0.1, 0.15) is 49.9 Å². The Labute approximate surface area is 323 Å².